The molecular weight excluding hydrogens is 456 g/mol. The largest absolute Gasteiger partial charge is 0.480 e. The lowest BCUT2D eigenvalue weighted by atomic mass is 10.1. The fraction of sp³-hybridized carbons (Fsp3) is 0.217. The fourth-order valence-corrected chi connectivity index (χ4v) is 2.79. The Labute approximate surface area is 200 Å². The highest BCUT2D eigenvalue weighted by Gasteiger charge is 2.08. The van der Waals surface area contributed by atoms with Crippen molar-refractivity contribution in [1.29, 1.82) is 0 Å². The van der Waals surface area contributed by atoms with E-state index in [2.05, 4.69) is 20.6 Å². The van der Waals surface area contributed by atoms with Crippen LogP contribution < -0.4 is 22.1 Å². The topological polar surface area (TPSA) is 210 Å². The molecule has 184 valence electrons. The summed E-state index contributed by atoms with van der Waals surface area (Å²) < 4.78 is 0. The number of carbonyl (C=O) groups excluding carboxylic acids is 2. The van der Waals surface area contributed by atoms with Gasteiger partial charge in [-0.05, 0) is 55.0 Å². The molecule has 0 spiro atoms. The summed E-state index contributed by atoms with van der Waals surface area (Å²) in [6.45, 7) is -0.859. The molecule has 2 amide bonds. The van der Waals surface area contributed by atoms with Gasteiger partial charge in [-0.1, -0.05) is 0 Å². The number of amides is 2. The molecule has 0 aliphatic carbocycles. The fourth-order valence-electron chi connectivity index (χ4n) is 2.79. The summed E-state index contributed by atoms with van der Waals surface area (Å²) in [5, 5.41) is 22.7. The van der Waals surface area contributed by atoms with Crippen molar-refractivity contribution in [2.75, 3.05) is 23.7 Å². The first-order chi connectivity index (χ1) is 16.6. The predicted octanol–water partition coefficient (Wildman–Crippen LogP) is 1.01. The van der Waals surface area contributed by atoms with Gasteiger partial charge in [0.05, 0.1) is 0 Å². The summed E-state index contributed by atoms with van der Waals surface area (Å²) in [6, 6.07) is 12.9. The number of carboxylic acid groups (broad SMARTS) is 2. The molecule has 35 heavy (non-hydrogen) atoms. The molecule has 2 aromatic rings. The zero-order chi connectivity index (χ0) is 25.8. The van der Waals surface area contributed by atoms with Crippen molar-refractivity contribution in [2.24, 2.45) is 21.5 Å². The van der Waals surface area contributed by atoms with E-state index < -0.39 is 25.0 Å². The zero-order valence-corrected chi connectivity index (χ0v) is 18.7. The number of carboxylic acids is 2. The Morgan fingerprint density at radius 3 is 1.31 bits per heavy atom. The molecule has 0 saturated carbocycles. The molecule has 8 N–H and O–H groups in total. The molecule has 2 aromatic carbocycles. The number of amidine groups is 2. The van der Waals surface area contributed by atoms with Gasteiger partial charge in [0.15, 0.2) is 0 Å². The van der Waals surface area contributed by atoms with Crippen molar-refractivity contribution in [3.63, 3.8) is 0 Å². The van der Waals surface area contributed by atoms with Crippen LogP contribution >= 0.6 is 0 Å². The second kappa shape index (κ2) is 13.1. The molecule has 12 nitrogen and oxygen atoms in total. The van der Waals surface area contributed by atoms with E-state index >= 15 is 0 Å². The number of hydrogen-bond acceptors (Lipinski definition) is 6. The molecule has 0 atom stereocenters. The summed E-state index contributed by atoms with van der Waals surface area (Å²) in [7, 11) is 0. The van der Waals surface area contributed by atoms with Crippen LogP contribution in [-0.2, 0) is 19.2 Å². The summed E-state index contributed by atoms with van der Waals surface area (Å²) in [6.07, 6.45) is 0.594. The maximum atomic E-state index is 12.1. The van der Waals surface area contributed by atoms with Crippen molar-refractivity contribution >= 4 is 46.8 Å². The van der Waals surface area contributed by atoms with Crippen LogP contribution in [0.25, 0.3) is 0 Å². The molecule has 0 bridgehead atoms. The highest BCUT2D eigenvalue weighted by Crippen LogP contribution is 2.12. The number of nitrogens with zero attached hydrogens (tertiary/aromatic N) is 2. The van der Waals surface area contributed by atoms with Crippen LogP contribution in [0.5, 0.6) is 0 Å². The lowest BCUT2D eigenvalue weighted by Gasteiger charge is -2.08. The molecule has 0 heterocycles. The Bertz CT molecular complexity index is 1040. The monoisotopic (exact) mass is 482 g/mol. The smallest absolute Gasteiger partial charge is 0.325 e. The van der Waals surface area contributed by atoms with Gasteiger partial charge in [0.1, 0.15) is 24.8 Å². The minimum Gasteiger partial charge on any atom is -0.480 e. The predicted molar refractivity (Wildman–Crippen MR) is 130 cm³/mol. The average Bonchev–Trinajstić information content (AvgIpc) is 2.81. The summed E-state index contributed by atoms with van der Waals surface area (Å²) >= 11 is 0. The van der Waals surface area contributed by atoms with Gasteiger partial charge < -0.3 is 32.3 Å². The van der Waals surface area contributed by atoms with E-state index in [0.717, 1.165) is 0 Å². The Hall–Kier alpha value is -4.74. The van der Waals surface area contributed by atoms with E-state index in [0.29, 0.717) is 28.9 Å². The first-order valence-electron chi connectivity index (χ1n) is 10.5. The number of benzene rings is 2. The molecule has 2 rings (SSSR count). The number of aliphatic imine (C=N–C) groups is 2. The molecular formula is C23H26N6O6. The van der Waals surface area contributed by atoms with Gasteiger partial charge in [-0.3, -0.25) is 29.2 Å². The second-order valence-electron chi connectivity index (χ2n) is 7.30. The van der Waals surface area contributed by atoms with Crippen molar-refractivity contribution in [3.05, 3.63) is 59.7 Å². The molecule has 0 radical (unpaired) electrons. The van der Waals surface area contributed by atoms with Crippen LogP contribution in [0.3, 0.4) is 0 Å². The Balaban J connectivity index is 1.75. The average molecular weight is 482 g/mol. The Morgan fingerprint density at radius 2 is 1.00 bits per heavy atom. The second-order valence-corrected chi connectivity index (χ2v) is 7.30. The number of carbonyl (C=O) groups is 4. The van der Waals surface area contributed by atoms with Gasteiger partial charge in [0.25, 0.3) is 0 Å². The lowest BCUT2D eigenvalue weighted by molar-refractivity contribution is -0.136. The Kier molecular flexibility index (Phi) is 9.91. The minimum absolute atomic E-state index is 0.0840. The molecule has 0 aromatic heterocycles. The number of anilines is 2. The van der Waals surface area contributed by atoms with Gasteiger partial charge >= 0.3 is 11.9 Å². The van der Waals surface area contributed by atoms with Gasteiger partial charge in [-0.15, -0.1) is 0 Å². The minimum atomic E-state index is -1.09. The van der Waals surface area contributed by atoms with Gasteiger partial charge in [-0.2, -0.15) is 0 Å². The quantitative estimate of drug-likeness (QED) is 0.189. The van der Waals surface area contributed by atoms with Crippen LogP contribution in [0.15, 0.2) is 58.5 Å². The van der Waals surface area contributed by atoms with E-state index in [1.807, 2.05) is 0 Å². The summed E-state index contributed by atoms with van der Waals surface area (Å²) in [5.41, 5.74) is 13.6. The number of nitrogens with one attached hydrogen (secondary N) is 2. The zero-order valence-electron chi connectivity index (χ0n) is 18.7. The third-order valence-electron chi connectivity index (χ3n) is 4.51. The maximum absolute atomic E-state index is 12.1. The van der Waals surface area contributed by atoms with Gasteiger partial charge in [0, 0.05) is 35.3 Å². The van der Waals surface area contributed by atoms with E-state index in [9.17, 15) is 19.2 Å². The highest BCUT2D eigenvalue weighted by molar-refractivity contribution is 6.00. The first-order valence-corrected chi connectivity index (χ1v) is 10.5. The summed E-state index contributed by atoms with van der Waals surface area (Å²) in [5.74, 6) is -2.54. The van der Waals surface area contributed by atoms with Crippen LogP contribution in [0.1, 0.15) is 30.4 Å². The van der Waals surface area contributed by atoms with Gasteiger partial charge in [-0.25, -0.2) is 0 Å². The summed E-state index contributed by atoms with van der Waals surface area (Å²) in [4.78, 5) is 52.8. The van der Waals surface area contributed by atoms with E-state index in [-0.39, 0.29) is 36.3 Å². The first kappa shape index (κ1) is 26.5. The molecule has 0 fully saturated rings. The van der Waals surface area contributed by atoms with Crippen molar-refractivity contribution < 1.29 is 29.4 Å². The molecule has 0 saturated heterocycles. The van der Waals surface area contributed by atoms with Crippen LogP contribution in [0, 0.1) is 0 Å². The number of nitrogens with two attached hydrogens (primary N) is 2. The van der Waals surface area contributed by atoms with Crippen LogP contribution in [-0.4, -0.2) is 58.7 Å². The van der Waals surface area contributed by atoms with Gasteiger partial charge in [0.2, 0.25) is 11.8 Å². The highest BCUT2D eigenvalue weighted by atomic mass is 16.4. The molecule has 0 aliphatic rings. The maximum Gasteiger partial charge on any atom is 0.325 e. The van der Waals surface area contributed by atoms with Crippen molar-refractivity contribution in [3.8, 4) is 0 Å². The number of hydrogen-bond donors (Lipinski definition) is 6. The normalized spacial score (nSPS) is 11.5. The van der Waals surface area contributed by atoms with Crippen molar-refractivity contribution in [1.82, 2.24) is 0 Å². The SMILES string of the molecule is NC(=NCC(=O)O)c1ccc(NC(=O)CCCC(=O)Nc2ccc(C(N)=NCC(=O)O)cc2)cc1. The number of rotatable bonds is 12. The van der Waals surface area contributed by atoms with Crippen molar-refractivity contribution in [2.45, 2.75) is 19.3 Å². The van der Waals surface area contributed by atoms with E-state index in [1.54, 1.807) is 48.5 Å². The molecule has 0 unspecified atom stereocenters. The molecule has 12 heteroatoms. The Morgan fingerprint density at radius 1 is 0.657 bits per heavy atom. The lowest BCUT2D eigenvalue weighted by Crippen LogP contribution is -2.17. The van der Waals surface area contributed by atoms with Crippen LogP contribution in [0.4, 0.5) is 11.4 Å². The molecule has 0 aliphatic heterocycles. The third kappa shape index (κ3) is 9.74. The third-order valence-corrected chi connectivity index (χ3v) is 4.51. The van der Waals surface area contributed by atoms with E-state index in [4.69, 9.17) is 21.7 Å². The van der Waals surface area contributed by atoms with E-state index in [1.165, 1.54) is 0 Å². The standard InChI is InChI=1S/C23H26N6O6/c24-22(26-12-20(32)33)14-4-8-16(9-5-14)28-18(30)2-1-3-19(31)29-17-10-6-15(7-11-17)23(25)27-13-21(34)35/h4-11H,1-3,12-13H2,(H2,24,26)(H2,25,27)(H,28,30)(H,29,31)(H,32,33)(H,34,35). The van der Waals surface area contributed by atoms with Crippen LogP contribution in [0.2, 0.25) is 0 Å². The number of aliphatic carboxylic acids is 2.